The molecule has 0 radical (unpaired) electrons. The van der Waals surface area contributed by atoms with Crippen LogP contribution in [0.15, 0.2) is 98.7 Å². The Balaban J connectivity index is 1.81. The minimum Gasteiger partial charge on any atom is -0.490 e. The molecule has 0 aliphatic carbocycles. The number of carbonyl (C=O) groups excluding carboxylic acids is 1. The molecular weight excluding hydrogens is 576 g/mol. The Labute approximate surface area is 238 Å². The molecule has 1 aliphatic rings. The Bertz CT molecular complexity index is 1720. The van der Waals surface area contributed by atoms with Crippen LogP contribution in [0.3, 0.4) is 0 Å². The summed E-state index contributed by atoms with van der Waals surface area (Å²) in [6.07, 6.45) is 1.79. The van der Waals surface area contributed by atoms with Gasteiger partial charge >= 0.3 is 5.97 Å². The number of rotatable bonds is 7. The van der Waals surface area contributed by atoms with Crippen molar-refractivity contribution in [3.05, 3.63) is 125 Å². The molecule has 0 amide bonds. The molecule has 1 aromatic heterocycles. The predicted molar refractivity (Wildman–Crippen MR) is 157 cm³/mol. The summed E-state index contributed by atoms with van der Waals surface area (Å²) in [4.78, 5) is 32.9. The molecule has 39 heavy (non-hydrogen) atoms. The van der Waals surface area contributed by atoms with E-state index in [0.717, 1.165) is 21.2 Å². The van der Waals surface area contributed by atoms with Crippen LogP contribution in [0.1, 0.15) is 43.5 Å². The second-order valence-corrected chi connectivity index (χ2v) is 11.1. The highest BCUT2D eigenvalue weighted by atomic mass is 79.9. The first-order valence-electron chi connectivity index (χ1n) is 12.7. The Morgan fingerprint density at radius 3 is 2.44 bits per heavy atom. The van der Waals surface area contributed by atoms with Crippen molar-refractivity contribution in [2.45, 2.75) is 32.9 Å². The van der Waals surface area contributed by atoms with Gasteiger partial charge in [-0.3, -0.25) is 9.36 Å². The lowest BCUT2D eigenvalue weighted by molar-refractivity contribution is -0.138. The molecule has 0 N–H and O–H groups in total. The Morgan fingerprint density at radius 1 is 1.08 bits per heavy atom. The largest absolute Gasteiger partial charge is 0.490 e. The van der Waals surface area contributed by atoms with Crippen molar-refractivity contribution < 1.29 is 14.3 Å². The van der Waals surface area contributed by atoms with E-state index >= 15 is 0 Å². The molecule has 5 rings (SSSR count). The fourth-order valence-corrected chi connectivity index (χ4v) is 5.90. The number of aromatic nitrogens is 1. The number of halogens is 1. The minimum absolute atomic E-state index is 0.0295. The second kappa shape index (κ2) is 11.6. The molecule has 0 spiro atoms. The van der Waals surface area contributed by atoms with Crippen LogP contribution in [0, 0.1) is 0 Å². The maximum absolute atomic E-state index is 14.0. The molecule has 0 unspecified atom stereocenters. The number of thiazole rings is 1. The SMILES string of the molecule is CCOC(=O)C1=C(c2ccccc2)N=c2s/c(=C/c3cc(Br)ccc3OC(C)C)c(=O)n2[C@H]1c1ccccc1. The molecule has 198 valence electrons. The van der Waals surface area contributed by atoms with E-state index in [2.05, 4.69) is 15.9 Å². The van der Waals surface area contributed by atoms with Crippen molar-refractivity contribution in [2.24, 2.45) is 4.99 Å². The average molecular weight is 604 g/mol. The van der Waals surface area contributed by atoms with Gasteiger partial charge in [-0.05, 0) is 50.6 Å². The summed E-state index contributed by atoms with van der Waals surface area (Å²) in [6.45, 7) is 5.89. The lowest BCUT2D eigenvalue weighted by Gasteiger charge is -2.25. The maximum Gasteiger partial charge on any atom is 0.338 e. The van der Waals surface area contributed by atoms with Crippen molar-refractivity contribution in [1.29, 1.82) is 0 Å². The summed E-state index contributed by atoms with van der Waals surface area (Å²) in [5.74, 6) is 0.179. The van der Waals surface area contributed by atoms with Gasteiger partial charge in [-0.1, -0.05) is 87.9 Å². The first kappa shape index (κ1) is 26.8. The lowest BCUT2D eigenvalue weighted by atomic mass is 9.93. The molecule has 3 aromatic carbocycles. The number of hydrogen-bond acceptors (Lipinski definition) is 6. The zero-order chi connectivity index (χ0) is 27.5. The van der Waals surface area contributed by atoms with Gasteiger partial charge in [0.2, 0.25) is 0 Å². The first-order valence-corrected chi connectivity index (χ1v) is 14.3. The lowest BCUT2D eigenvalue weighted by Crippen LogP contribution is -2.40. The molecule has 1 aliphatic heterocycles. The van der Waals surface area contributed by atoms with Crippen molar-refractivity contribution in [2.75, 3.05) is 6.61 Å². The number of fused-ring (bicyclic) bond motifs is 1. The molecule has 0 saturated heterocycles. The van der Waals surface area contributed by atoms with E-state index in [1.165, 1.54) is 11.3 Å². The summed E-state index contributed by atoms with van der Waals surface area (Å²) < 4.78 is 14.5. The summed E-state index contributed by atoms with van der Waals surface area (Å²) >= 11 is 4.82. The number of esters is 1. The highest BCUT2D eigenvalue weighted by Gasteiger charge is 2.35. The van der Waals surface area contributed by atoms with E-state index in [-0.39, 0.29) is 18.3 Å². The minimum atomic E-state index is -0.701. The first-order chi connectivity index (χ1) is 18.9. The van der Waals surface area contributed by atoms with Gasteiger partial charge in [-0.15, -0.1) is 0 Å². The highest BCUT2D eigenvalue weighted by molar-refractivity contribution is 9.10. The topological polar surface area (TPSA) is 69.9 Å². The van der Waals surface area contributed by atoms with Gasteiger partial charge in [0.05, 0.1) is 34.6 Å². The van der Waals surface area contributed by atoms with Crippen LogP contribution in [0.5, 0.6) is 5.75 Å². The molecule has 8 heteroatoms. The third-order valence-electron chi connectivity index (χ3n) is 6.11. The zero-order valence-electron chi connectivity index (χ0n) is 21.8. The van der Waals surface area contributed by atoms with E-state index < -0.39 is 12.0 Å². The van der Waals surface area contributed by atoms with Gasteiger partial charge < -0.3 is 9.47 Å². The van der Waals surface area contributed by atoms with Crippen molar-refractivity contribution >= 4 is 45.0 Å². The Hall–Kier alpha value is -3.75. The number of hydrogen-bond donors (Lipinski definition) is 0. The fraction of sp³-hybridized carbons (Fsp3) is 0.194. The van der Waals surface area contributed by atoms with Gasteiger partial charge in [0.1, 0.15) is 5.75 Å². The predicted octanol–water partition coefficient (Wildman–Crippen LogP) is 5.49. The normalized spacial score (nSPS) is 15.2. The van der Waals surface area contributed by atoms with Gasteiger partial charge in [0.15, 0.2) is 4.80 Å². The number of benzene rings is 3. The van der Waals surface area contributed by atoms with Crippen LogP contribution >= 0.6 is 27.3 Å². The maximum atomic E-state index is 14.0. The molecule has 2 heterocycles. The molecule has 6 nitrogen and oxygen atoms in total. The molecular formula is C31H27BrN2O4S. The zero-order valence-corrected chi connectivity index (χ0v) is 24.2. The van der Waals surface area contributed by atoms with Crippen molar-refractivity contribution in [1.82, 2.24) is 4.57 Å². The van der Waals surface area contributed by atoms with E-state index in [1.807, 2.05) is 98.8 Å². The highest BCUT2D eigenvalue weighted by Crippen LogP contribution is 2.35. The van der Waals surface area contributed by atoms with Gasteiger partial charge in [-0.2, -0.15) is 0 Å². The van der Waals surface area contributed by atoms with Crippen molar-refractivity contribution in [3.8, 4) is 5.75 Å². The number of ether oxygens (including phenoxy) is 2. The van der Waals surface area contributed by atoms with Gasteiger partial charge in [0.25, 0.3) is 5.56 Å². The Kier molecular flexibility index (Phi) is 7.95. The summed E-state index contributed by atoms with van der Waals surface area (Å²) in [5, 5.41) is 0. The average Bonchev–Trinajstić information content (AvgIpc) is 3.24. The van der Waals surface area contributed by atoms with Crippen molar-refractivity contribution in [3.63, 3.8) is 0 Å². The molecule has 0 fully saturated rings. The van der Waals surface area contributed by atoms with Crippen LogP contribution in [0.25, 0.3) is 11.8 Å². The van der Waals surface area contributed by atoms with E-state index in [4.69, 9.17) is 14.5 Å². The monoisotopic (exact) mass is 602 g/mol. The van der Waals surface area contributed by atoms with E-state index in [9.17, 15) is 9.59 Å². The van der Waals surface area contributed by atoms with E-state index in [1.54, 1.807) is 11.5 Å². The van der Waals surface area contributed by atoms with Crippen LogP contribution in [-0.4, -0.2) is 23.2 Å². The fourth-order valence-electron chi connectivity index (χ4n) is 4.53. The van der Waals surface area contributed by atoms with Crippen LogP contribution in [0.4, 0.5) is 0 Å². The summed E-state index contributed by atoms with van der Waals surface area (Å²) in [5.41, 5.74) is 2.94. The van der Waals surface area contributed by atoms with Crippen LogP contribution < -0.4 is 19.6 Å². The second-order valence-electron chi connectivity index (χ2n) is 9.19. The number of carbonyl (C=O) groups is 1. The third-order valence-corrected chi connectivity index (χ3v) is 7.59. The van der Waals surface area contributed by atoms with Gasteiger partial charge in [-0.25, -0.2) is 9.79 Å². The van der Waals surface area contributed by atoms with Crippen LogP contribution in [0.2, 0.25) is 0 Å². The third kappa shape index (κ3) is 5.53. The molecule has 0 saturated carbocycles. The molecule has 4 aromatic rings. The summed E-state index contributed by atoms with van der Waals surface area (Å²) in [7, 11) is 0. The number of nitrogens with zero attached hydrogens (tertiary/aromatic N) is 2. The Morgan fingerprint density at radius 2 is 1.77 bits per heavy atom. The molecule has 1 atom stereocenters. The van der Waals surface area contributed by atoms with Crippen LogP contribution in [-0.2, 0) is 9.53 Å². The smallest absolute Gasteiger partial charge is 0.338 e. The van der Waals surface area contributed by atoms with E-state index in [0.29, 0.717) is 26.4 Å². The van der Waals surface area contributed by atoms with Gasteiger partial charge in [0, 0.05) is 15.6 Å². The quantitative estimate of drug-likeness (QED) is 0.262. The standard InChI is InChI=1S/C31H27BrN2O4S/c1-4-37-30(36)26-27(20-11-7-5-8-12-20)33-31-34(28(26)21-13-9-6-10-14-21)29(35)25(39-31)18-22-17-23(32)15-16-24(22)38-19(2)3/h5-19,28H,4H2,1-3H3/b25-18+/t28-/m0/s1. The summed E-state index contributed by atoms with van der Waals surface area (Å²) in [6, 6.07) is 24.1. The molecule has 0 bridgehead atoms.